The van der Waals surface area contributed by atoms with E-state index in [9.17, 15) is 0 Å². The van der Waals surface area contributed by atoms with E-state index >= 15 is 0 Å². The summed E-state index contributed by atoms with van der Waals surface area (Å²) in [5, 5.41) is 7.56. The second-order valence-electron chi connectivity index (χ2n) is 4.36. The van der Waals surface area contributed by atoms with E-state index in [0.29, 0.717) is 11.9 Å². The van der Waals surface area contributed by atoms with E-state index in [1.165, 1.54) is 5.56 Å². The maximum Gasteiger partial charge on any atom is 0.213 e. The maximum absolute atomic E-state index is 5.02. The summed E-state index contributed by atoms with van der Waals surface area (Å²) in [6.07, 6.45) is 6.63. The summed E-state index contributed by atoms with van der Waals surface area (Å²) in [6.45, 7) is 2.14. The summed E-state index contributed by atoms with van der Waals surface area (Å²) in [4.78, 5) is 4.16. The molecule has 0 aliphatic heterocycles. The lowest BCUT2D eigenvalue weighted by Crippen LogP contribution is -2.17. The first-order chi connectivity index (χ1) is 8.67. The number of aryl methyl sites for hydroxylation is 1. The third-order valence-corrected chi connectivity index (χ3v) is 2.66. The maximum atomic E-state index is 5.02. The average Bonchev–Trinajstić information content (AvgIpc) is 2.75. The number of hydrogen-bond acceptors (Lipinski definition) is 4. The molecule has 2 heterocycles. The molecule has 2 rings (SSSR count). The van der Waals surface area contributed by atoms with Gasteiger partial charge in [-0.25, -0.2) is 4.98 Å². The number of aromatic nitrogens is 3. The summed E-state index contributed by atoms with van der Waals surface area (Å²) in [5.74, 6) is 0.625. The fourth-order valence-corrected chi connectivity index (χ4v) is 1.85. The molecule has 18 heavy (non-hydrogen) atoms. The van der Waals surface area contributed by atoms with Crippen LogP contribution in [0.15, 0.2) is 30.7 Å². The first-order valence-corrected chi connectivity index (χ1v) is 5.91. The molecule has 0 aliphatic rings. The van der Waals surface area contributed by atoms with E-state index in [-0.39, 0.29) is 0 Å². The van der Waals surface area contributed by atoms with Gasteiger partial charge in [-0.2, -0.15) is 5.10 Å². The highest BCUT2D eigenvalue weighted by molar-refractivity contribution is 5.43. The zero-order valence-corrected chi connectivity index (χ0v) is 10.9. The monoisotopic (exact) mass is 246 g/mol. The standard InChI is InChI=1S/C13H18N4O/c1-10(6-11-7-15-17(2)9-11)16-12-4-5-13(18-3)14-8-12/h4-5,7-10,16H,6H2,1-3H3/t10-/m0/s1. The second-order valence-corrected chi connectivity index (χ2v) is 4.36. The van der Waals surface area contributed by atoms with E-state index in [4.69, 9.17) is 4.74 Å². The molecular formula is C13H18N4O. The second kappa shape index (κ2) is 5.53. The predicted octanol–water partition coefficient (Wildman–Crippen LogP) is 1.87. The number of ether oxygens (including phenoxy) is 1. The summed E-state index contributed by atoms with van der Waals surface area (Å²) < 4.78 is 6.84. The summed E-state index contributed by atoms with van der Waals surface area (Å²) in [7, 11) is 3.54. The van der Waals surface area contributed by atoms with Crippen LogP contribution in [0.25, 0.3) is 0 Å². The number of hydrogen-bond donors (Lipinski definition) is 1. The van der Waals surface area contributed by atoms with Gasteiger partial charge in [0.2, 0.25) is 5.88 Å². The zero-order chi connectivity index (χ0) is 13.0. The Kier molecular flexibility index (Phi) is 3.82. The lowest BCUT2D eigenvalue weighted by molar-refractivity contribution is 0.398. The van der Waals surface area contributed by atoms with Crippen LogP contribution in [0.4, 0.5) is 5.69 Å². The van der Waals surface area contributed by atoms with Crippen molar-refractivity contribution in [2.45, 2.75) is 19.4 Å². The minimum atomic E-state index is 0.324. The summed E-state index contributed by atoms with van der Waals surface area (Å²) in [5.41, 5.74) is 2.21. The summed E-state index contributed by atoms with van der Waals surface area (Å²) >= 11 is 0. The van der Waals surface area contributed by atoms with Crippen molar-refractivity contribution in [2.75, 3.05) is 12.4 Å². The van der Waals surface area contributed by atoms with Gasteiger partial charge in [-0.1, -0.05) is 0 Å². The van der Waals surface area contributed by atoms with Crippen molar-refractivity contribution < 1.29 is 4.74 Å². The Morgan fingerprint density at radius 3 is 2.78 bits per heavy atom. The molecule has 1 N–H and O–H groups in total. The molecule has 5 heteroatoms. The highest BCUT2D eigenvalue weighted by atomic mass is 16.5. The van der Waals surface area contributed by atoms with E-state index in [2.05, 4.69) is 22.3 Å². The van der Waals surface area contributed by atoms with Gasteiger partial charge >= 0.3 is 0 Å². The van der Waals surface area contributed by atoms with Crippen LogP contribution in [-0.4, -0.2) is 27.9 Å². The Bertz CT molecular complexity index is 492. The van der Waals surface area contributed by atoms with Crippen LogP contribution in [0.2, 0.25) is 0 Å². The lowest BCUT2D eigenvalue weighted by Gasteiger charge is -2.14. The van der Waals surface area contributed by atoms with E-state index < -0.39 is 0 Å². The van der Waals surface area contributed by atoms with Crippen LogP contribution in [0.1, 0.15) is 12.5 Å². The molecule has 5 nitrogen and oxygen atoms in total. The largest absolute Gasteiger partial charge is 0.481 e. The molecular weight excluding hydrogens is 228 g/mol. The first-order valence-electron chi connectivity index (χ1n) is 5.91. The van der Waals surface area contributed by atoms with Gasteiger partial charge in [-0.3, -0.25) is 4.68 Å². The molecule has 0 aromatic carbocycles. The SMILES string of the molecule is COc1ccc(N[C@@H](C)Cc2cnn(C)c2)cn1. The molecule has 2 aromatic rings. The van der Waals surface area contributed by atoms with Crippen LogP contribution < -0.4 is 10.1 Å². The molecule has 0 saturated carbocycles. The van der Waals surface area contributed by atoms with Gasteiger partial charge in [-0.15, -0.1) is 0 Å². The lowest BCUT2D eigenvalue weighted by atomic mass is 10.1. The average molecular weight is 246 g/mol. The Balaban J connectivity index is 1.91. The Morgan fingerprint density at radius 1 is 1.39 bits per heavy atom. The minimum Gasteiger partial charge on any atom is -0.481 e. The minimum absolute atomic E-state index is 0.324. The number of pyridine rings is 1. The number of anilines is 1. The van der Waals surface area contributed by atoms with Gasteiger partial charge in [0, 0.05) is 25.4 Å². The third-order valence-electron chi connectivity index (χ3n) is 2.66. The smallest absolute Gasteiger partial charge is 0.213 e. The van der Waals surface area contributed by atoms with Crippen molar-refractivity contribution in [1.82, 2.24) is 14.8 Å². The van der Waals surface area contributed by atoms with Crippen molar-refractivity contribution in [3.63, 3.8) is 0 Å². The fourth-order valence-electron chi connectivity index (χ4n) is 1.85. The van der Waals surface area contributed by atoms with Crippen LogP contribution in [0, 0.1) is 0 Å². The molecule has 2 aromatic heterocycles. The Labute approximate surface area is 107 Å². The molecule has 0 spiro atoms. The van der Waals surface area contributed by atoms with Crippen LogP contribution in [0.5, 0.6) is 5.88 Å². The van der Waals surface area contributed by atoms with E-state index in [0.717, 1.165) is 12.1 Å². The van der Waals surface area contributed by atoms with Gasteiger partial charge in [0.05, 0.1) is 25.2 Å². The van der Waals surface area contributed by atoms with E-state index in [1.807, 2.05) is 36.3 Å². The van der Waals surface area contributed by atoms with Crippen LogP contribution >= 0.6 is 0 Å². The Morgan fingerprint density at radius 2 is 2.22 bits per heavy atom. The molecule has 0 saturated heterocycles. The van der Waals surface area contributed by atoms with Crippen molar-refractivity contribution >= 4 is 5.69 Å². The van der Waals surface area contributed by atoms with Crippen LogP contribution in [-0.2, 0) is 13.5 Å². The van der Waals surface area contributed by atoms with Gasteiger partial charge < -0.3 is 10.1 Å². The van der Waals surface area contributed by atoms with E-state index in [1.54, 1.807) is 13.3 Å². The fraction of sp³-hybridized carbons (Fsp3) is 0.385. The predicted molar refractivity (Wildman–Crippen MR) is 70.8 cm³/mol. The topological polar surface area (TPSA) is 52.0 Å². The molecule has 0 fully saturated rings. The first kappa shape index (κ1) is 12.4. The number of rotatable bonds is 5. The van der Waals surface area contributed by atoms with Gasteiger partial charge in [0.1, 0.15) is 0 Å². The van der Waals surface area contributed by atoms with Gasteiger partial charge in [-0.05, 0) is 25.0 Å². The van der Waals surface area contributed by atoms with Crippen molar-refractivity contribution in [3.8, 4) is 5.88 Å². The highest BCUT2D eigenvalue weighted by Gasteiger charge is 2.05. The molecule has 96 valence electrons. The normalized spacial score (nSPS) is 12.2. The van der Waals surface area contributed by atoms with Gasteiger partial charge in [0.25, 0.3) is 0 Å². The highest BCUT2D eigenvalue weighted by Crippen LogP contribution is 2.13. The van der Waals surface area contributed by atoms with Crippen molar-refractivity contribution in [2.24, 2.45) is 7.05 Å². The van der Waals surface area contributed by atoms with Gasteiger partial charge in [0.15, 0.2) is 0 Å². The Hall–Kier alpha value is -2.04. The van der Waals surface area contributed by atoms with Crippen molar-refractivity contribution in [1.29, 1.82) is 0 Å². The number of nitrogens with zero attached hydrogens (tertiary/aromatic N) is 3. The molecule has 0 radical (unpaired) electrons. The number of methoxy groups -OCH3 is 1. The molecule has 0 unspecified atom stereocenters. The molecule has 0 aliphatic carbocycles. The quantitative estimate of drug-likeness (QED) is 0.875. The molecule has 0 bridgehead atoms. The zero-order valence-electron chi connectivity index (χ0n) is 10.9. The third kappa shape index (κ3) is 3.23. The van der Waals surface area contributed by atoms with Crippen molar-refractivity contribution in [3.05, 3.63) is 36.3 Å². The molecule has 0 amide bonds. The summed E-state index contributed by atoms with van der Waals surface area (Å²) in [6, 6.07) is 4.13. The van der Waals surface area contributed by atoms with Crippen LogP contribution in [0.3, 0.4) is 0 Å². The molecule has 1 atom stereocenters. The number of nitrogens with one attached hydrogen (secondary N) is 1.